The fourth-order valence-corrected chi connectivity index (χ4v) is 4.12. The van der Waals surface area contributed by atoms with Crippen LogP contribution in [0.5, 0.6) is 5.88 Å². The smallest absolute Gasteiger partial charge is 0.333 e. The molecule has 1 aromatic heterocycles. The summed E-state index contributed by atoms with van der Waals surface area (Å²) in [7, 11) is 2.63. The molecule has 0 bridgehead atoms. The van der Waals surface area contributed by atoms with E-state index in [2.05, 4.69) is 10.3 Å². The number of para-hydroxylation sites is 1. The van der Waals surface area contributed by atoms with Gasteiger partial charge in [0, 0.05) is 29.8 Å². The average Bonchev–Trinajstić information content (AvgIpc) is 2.74. The lowest BCUT2D eigenvalue weighted by Crippen LogP contribution is -2.39. The third-order valence-corrected chi connectivity index (χ3v) is 5.73. The molecule has 0 saturated heterocycles. The van der Waals surface area contributed by atoms with E-state index in [1.807, 2.05) is 0 Å². The maximum Gasteiger partial charge on any atom is 0.333 e. The van der Waals surface area contributed by atoms with Gasteiger partial charge in [-0.1, -0.05) is 53.2 Å². The Kier molecular flexibility index (Phi) is 7.44. The minimum absolute atomic E-state index is 0.0872. The number of nitrogens with zero attached hydrogens (tertiary/aromatic N) is 3. The van der Waals surface area contributed by atoms with Crippen molar-refractivity contribution in [2.45, 2.75) is 0 Å². The number of halogens is 2. The molecule has 166 valence electrons. The maximum absolute atomic E-state index is 12.8. The SMILES string of the molecule is Cn1c(O)c(C(=Nc2ccccc2)SCC(=O)Nc2cc(Cl)cc(Cl)c2)c(=O)n(C)c1=O. The predicted molar refractivity (Wildman–Crippen MR) is 129 cm³/mol. The average molecular weight is 493 g/mol. The molecule has 1 heterocycles. The van der Waals surface area contributed by atoms with Crippen LogP contribution in [0.3, 0.4) is 0 Å². The van der Waals surface area contributed by atoms with Crippen molar-refractivity contribution in [3.8, 4) is 5.88 Å². The minimum atomic E-state index is -0.727. The van der Waals surface area contributed by atoms with Crippen molar-refractivity contribution in [3.63, 3.8) is 0 Å². The van der Waals surface area contributed by atoms with Crippen LogP contribution in [0.1, 0.15) is 5.56 Å². The van der Waals surface area contributed by atoms with Crippen molar-refractivity contribution in [2.24, 2.45) is 19.1 Å². The summed E-state index contributed by atoms with van der Waals surface area (Å²) in [5.74, 6) is -1.08. The van der Waals surface area contributed by atoms with Crippen molar-refractivity contribution in [1.29, 1.82) is 0 Å². The van der Waals surface area contributed by atoms with Gasteiger partial charge >= 0.3 is 5.69 Å². The standard InChI is InChI=1S/C21H18Cl2N4O4S/c1-26-19(29)17(20(30)27(2)21(26)31)18(25-14-6-4-3-5-7-14)32-11-16(28)24-15-9-12(22)8-13(23)10-15/h3-10,29H,11H2,1-2H3,(H,24,28). The molecule has 3 rings (SSSR count). The van der Waals surface area contributed by atoms with E-state index in [1.54, 1.807) is 42.5 Å². The van der Waals surface area contributed by atoms with Gasteiger partial charge < -0.3 is 10.4 Å². The number of aliphatic imine (C=N–C) groups is 1. The fourth-order valence-electron chi connectivity index (χ4n) is 2.76. The molecule has 0 aliphatic rings. The van der Waals surface area contributed by atoms with Crippen LogP contribution in [0, 0.1) is 0 Å². The first-order valence-corrected chi connectivity index (χ1v) is 10.9. The highest BCUT2D eigenvalue weighted by Gasteiger charge is 2.22. The summed E-state index contributed by atoms with van der Waals surface area (Å²) in [5, 5.41) is 14.0. The summed E-state index contributed by atoms with van der Waals surface area (Å²) in [6.07, 6.45) is 0. The van der Waals surface area contributed by atoms with Gasteiger partial charge in [0.1, 0.15) is 10.6 Å². The third kappa shape index (κ3) is 5.42. The van der Waals surface area contributed by atoms with Gasteiger partial charge in [0.25, 0.3) is 5.56 Å². The number of aromatic nitrogens is 2. The number of thioether (sulfide) groups is 1. The Morgan fingerprint density at radius 1 is 1.06 bits per heavy atom. The zero-order valence-electron chi connectivity index (χ0n) is 17.0. The lowest BCUT2D eigenvalue weighted by atomic mass is 10.3. The van der Waals surface area contributed by atoms with E-state index in [-0.39, 0.29) is 16.4 Å². The minimum Gasteiger partial charge on any atom is -0.494 e. The first-order chi connectivity index (χ1) is 15.2. The molecule has 0 unspecified atom stereocenters. The van der Waals surface area contributed by atoms with Crippen molar-refractivity contribution in [1.82, 2.24) is 9.13 Å². The summed E-state index contributed by atoms with van der Waals surface area (Å²) in [5.41, 5.74) is -0.671. The first kappa shape index (κ1) is 23.6. The number of aromatic hydroxyl groups is 1. The number of benzene rings is 2. The number of anilines is 1. The van der Waals surface area contributed by atoms with Gasteiger partial charge in [0.05, 0.1) is 11.4 Å². The third-order valence-electron chi connectivity index (χ3n) is 4.32. The van der Waals surface area contributed by atoms with Crippen LogP contribution in [0.15, 0.2) is 63.1 Å². The quantitative estimate of drug-likeness (QED) is 0.418. The molecule has 0 saturated carbocycles. The number of nitrogens with one attached hydrogen (secondary N) is 1. The van der Waals surface area contributed by atoms with Gasteiger partial charge in [-0.05, 0) is 30.3 Å². The Morgan fingerprint density at radius 2 is 1.69 bits per heavy atom. The van der Waals surface area contributed by atoms with Crippen molar-refractivity contribution < 1.29 is 9.90 Å². The molecule has 8 nitrogen and oxygen atoms in total. The van der Waals surface area contributed by atoms with E-state index in [0.29, 0.717) is 21.4 Å². The molecule has 2 aromatic carbocycles. The van der Waals surface area contributed by atoms with E-state index < -0.39 is 23.0 Å². The van der Waals surface area contributed by atoms with Crippen LogP contribution >= 0.6 is 35.0 Å². The lowest BCUT2D eigenvalue weighted by Gasteiger charge is -2.12. The zero-order valence-corrected chi connectivity index (χ0v) is 19.3. The maximum atomic E-state index is 12.8. The summed E-state index contributed by atoms with van der Waals surface area (Å²) >= 11 is 12.9. The van der Waals surface area contributed by atoms with Crippen LogP contribution in [-0.4, -0.2) is 30.9 Å². The van der Waals surface area contributed by atoms with Crippen LogP contribution in [0.4, 0.5) is 11.4 Å². The largest absolute Gasteiger partial charge is 0.494 e. The second kappa shape index (κ2) is 10.1. The van der Waals surface area contributed by atoms with Gasteiger partial charge in [-0.15, -0.1) is 0 Å². The summed E-state index contributed by atoms with van der Waals surface area (Å²) < 4.78 is 1.80. The van der Waals surface area contributed by atoms with E-state index in [9.17, 15) is 19.5 Å². The molecule has 1 amide bonds. The molecule has 0 radical (unpaired) electrons. The van der Waals surface area contributed by atoms with Gasteiger partial charge in [-0.2, -0.15) is 0 Å². The fraction of sp³-hybridized carbons (Fsp3) is 0.143. The van der Waals surface area contributed by atoms with Crippen LogP contribution < -0.4 is 16.6 Å². The number of carbonyl (C=O) groups is 1. The zero-order chi connectivity index (χ0) is 23.4. The lowest BCUT2D eigenvalue weighted by molar-refractivity contribution is -0.113. The van der Waals surface area contributed by atoms with E-state index >= 15 is 0 Å². The molecule has 2 N–H and O–H groups in total. The molecule has 32 heavy (non-hydrogen) atoms. The molecular weight excluding hydrogens is 475 g/mol. The molecule has 3 aromatic rings. The van der Waals surface area contributed by atoms with Crippen LogP contribution in [0.2, 0.25) is 10.0 Å². The van der Waals surface area contributed by atoms with E-state index in [0.717, 1.165) is 20.9 Å². The summed E-state index contributed by atoms with van der Waals surface area (Å²) in [6, 6.07) is 13.4. The number of hydrogen-bond donors (Lipinski definition) is 2. The molecule has 0 atom stereocenters. The van der Waals surface area contributed by atoms with Crippen LogP contribution in [0.25, 0.3) is 0 Å². The van der Waals surface area contributed by atoms with Gasteiger partial charge in [-0.3, -0.25) is 18.7 Å². The predicted octanol–water partition coefficient (Wildman–Crippen LogP) is 3.55. The summed E-state index contributed by atoms with van der Waals surface area (Å²) in [4.78, 5) is 41.8. The normalized spacial score (nSPS) is 11.4. The molecular formula is C21H18Cl2N4O4S. The highest BCUT2D eigenvalue weighted by Crippen LogP contribution is 2.25. The molecule has 0 aliphatic heterocycles. The van der Waals surface area contributed by atoms with Gasteiger partial charge in [-0.25, -0.2) is 9.79 Å². The Labute approximate surface area is 197 Å². The number of carbonyl (C=O) groups excluding carboxylic acids is 1. The van der Waals surface area contributed by atoms with Crippen LogP contribution in [-0.2, 0) is 18.9 Å². The summed E-state index contributed by atoms with van der Waals surface area (Å²) in [6.45, 7) is 0. The molecule has 11 heteroatoms. The number of amides is 1. The topological polar surface area (TPSA) is 106 Å². The number of rotatable bonds is 5. The Morgan fingerprint density at radius 3 is 2.31 bits per heavy atom. The second-order valence-corrected chi connectivity index (χ2v) is 8.49. The molecule has 0 fully saturated rings. The van der Waals surface area contributed by atoms with Gasteiger partial charge in [0.2, 0.25) is 11.8 Å². The Hall–Kier alpha value is -3.01. The van der Waals surface area contributed by atoms with E-state index in [4.69, 9.17) is 23.2 Å². The monoisotopic (exact) mass is 492 g/mol. The van der Waals surface area contributed by atoms with Gasteiger partial charge in [0.15, 0.2) is 0 Å². The number of hydrogen-bond acceptors (Lipinski definition) is 6. The van der Waals surface area contributed by atoms with Crippen molar-refractivity contribution in [2.75, 3.05) is 11.1 Å². The Bertz CT molecular complexity index is 1300. The van der Waals surface area contributed by atoms with Crippen molar-refractivity contribution in [3.05, 3.63) is 85.0 Å². The molecule has 0 aliphatic carbocycles. The highest BCUT2D eigenvalue weighted by atomic mass is 35.5. The Balaban J connectivity index is 1.95. The molecule has 0 spiro atoms. The highest BCUT2D eigenvalue weighted by molar-refractivity contribution is 8.15. The van der Waals surface area contributed by atoms with Crippen molar-refractivity contribution >= 4 is 57.3 Å². The van der Waals surface area contributed by atoms with E-state index in [1.165, 1.54) is 20.2 Å². The second-order valence-electron chi connectivity index (χ2n) is 6.65. The first-order valence-electron chi connectivity index (χ1n) is 9.19.